The van der Waals surface area contributed by atoms with Gasteiger partial charge in [-0.1, -0.05) is 13.8 Å². The number of rotatable bonds is 4. The zero-order chi connectivity index (χ0) is 15.2. The van der Waals surface area contributed by atoms with E-state index in [0.717, 1.165) is 38.6 Å². The van der Waals surface area contributed by atoms with Crippen LogP contribution in [0.1, 0.15) is 36.2 Å². The summed E-state index contributed by atoms with van der Waals surface area (Å²) in [6, 6.07) is 8.96. The van der Waals surface area contributed by atoms with Crippen LogP contribution in [0.5, 0.6) is 0 Å². The highest BCUT2D eigenvalue weighted by molar-refractivity contribution is 5.94. The van der Waals surface area contributed by atoms with Crippen LogP contribution in [0.3, 0.4) is 0 Å². The van der Waals surface area contributed by atoms with Gasteiger partial charge in [-0.25, -0.2) is 0 Å². The van der Waals surface area contributed by atoms with E-state index < -0.39 is 0 Å². The number of hydrogen-bond donors (Lipinski definition) is 0. The van der Waals surface area contributed by atoms with E-state index in [1.54, 1.807) is 24.3 Å². The molecule has 4 heteroatoms. The number of hydrogen-bond acceptors (Lipinski definition) is 3. The normalized spacial score (nSPS) is 16.0. The number of nitrogens with zero attached hydrogens (tertiary/aromatic N) is 3. The Hall–Kier alpha value is -1.86. The van der Waals surface area contributed by atoms with Crippen molar-refractivity contribution in [2.45, 2.75) is 20.3 Å². The van der Waals surface area contributed by atoms with Crippen LogP contribution in [-0.2, 0) is 0 Å². The van der Waals surface area contributed by atoms with Crippen LogP contribution in [-0.4, -0.2) is 48.4 Å². The van der Waals surface area contributed by atoms with E-state index in [9.17, 15) is 4.79 Å². The molecule has 1 saturated heterocycles. The molecule has 0 aliphatic carbocycles. The maximum atomic E-state index is 12.4. The minimum atomic E-state index is 0.0722. The highest BCUT2D eigenvalue weighted by Crippen LogP contribution is 2.11. The topological polar surface area (TPSA) is 47.3 Å². The monoisotopic (exact) mass is 285 g/mol. The van der Waals surface area contributed by atoms with E-state index in [-0.39, 0.29) is 5.91 Å². The van der Waals surface area contributed by atoms with Crippen LogP contribution in [0.25, 0.3) is 0 Å². The summed E-state index contributed by atoms with van der Waals surface area (Å²) >= 11 is 0. The molecular weight excluding hydrogens is 262 g/mol. The van der Waals surface area contributed by atoms with Gasteiger partial charge in [-0.05, 0) is 43.1 Å². The fourth-order valence-corrected chi connectivity index (χ4v) is 2.49. The third-order valence-corrected chi connectivity index (χ3v) is 3.94. The molecule has 0 bridgehead atoms. The zero-order valence-corrected chi connectivity index (χ0v) is 12.9. The van der Waals surface area contributed by atoms with Crippen LogP contribution in [0.4, 0.5) is 0 Å². The number of carbonyl (C=O) groups is 1. The molecule has 4 nitrogen and oxygen atoms in total. The first kappa shape index (κ1) is 15.5. The van der Waals surface area contributed by atoms with Gasteiger partial charge in [0.05, 0.1) is 11.6 Å². The number of nitriles is 1. The molecule has 1 aliphatic heterocycles. The average Bonchev–Trinajstić information content (AvgIpc) is 2.53. The zero-order valence-electron chi connectivity index (χ0n) is 12.9. The van der Waals surface area contributed by atoms with E-state index in [4.69, 9.17) is 5.26 Å². The van der Waals surface area contributed by atoms with E-state index in [2.05, 4.69) is 24.8 Å². The summed E-state index contributed by atoms with van der Waals surface area (Å²) in [6.07, 6.45) is 1.21. The van der Waals surface area contributed by atoms with Gasteiger partial charge in [-0.3, -0.25) is 9.69 Å². The van der Waals surface area contributed by atoms with Gasteiger partial charge in [0.1, 0.15) is 0 Å². The quantitative estimate of drug-likeness (QED) is 0.853. The number of amides is 1. The lowest BCUT2D eigenvalue weighted by atomic mass is 10.1. The summed E-state index contributed by atoms with van der Waals surface area (Å²) in [6.45, 7) is 9.09. The third-order valence-electron chi connectivity index (χ3n) is 3.94. The van der Waals surface area contributed by atoms with Gasteiger partial charge in [0, 0.05) is 31.7 Å². The average molecular weight is 285 g/mol. The lowest BCUT2D eigenvalue weighted by Crippen LogP contribution is -2.49. The first-order chi connectivity index (χ1) is 10.1. The lowest BCUT2D eigenvalue weighted by Gasteiger charge is -2.35. The van der Waals surface area contributed by atoms with Crippen molar-refractivity contribution in [3.63, 3.8) is 0 Å². The summed E-state index contributed by atoms with van der Waals surface area (Å²) in [4.78, 5) is 16.7. The van der Waals surface area contributed by atoms with Gasteiger partial charge in [-0.15, -0.1) is 0 Å². The van der Waals surface area contributed by atoms with Crippen molar-refractivity contribution in [3.05, 3.63) is 35.4 Å². The Balaban J connectivity index is 1.86. The summed E-state index contributed by atoms with van der Waals surface area (Å²) < 4.78 is 0. The molecule has 0 aromatic heterocycles. The Kier molecular flexibility index (Phi) is 5.35. The van der Waals surface area contributed by atoms with Crippen LogP contribution in [0.2, 0.25) is 0 Å². The van der Waals surface area contributed by atoms with Crippen molar-refractivity contribution in [2.24, 2.45) is 5.92 Å². The molecule has 1 aliphatic rings. The molecule has 1 aromatic rings. The van der Waals surface area contributed by atoms with E-state index in [1.165, 1.54) is 6.42 Å². The van der Waals surface area contributed by atoms with Crippen molar-refractivity contribution < 1.29 is 4.79 Å². The standard InChI is InChI=1S/C17H23N3O/c1-14(2)7-8-19-9-11-20(12-10-19)17(21)16-5-3-15(13-18)4-6-16/h3-6,14H,7-12H2,1-2H3. The Morgan fingerprint density at radius 3 is 2.33 bits per heavy atom. The molecule has 0 saturated carbocycles. The first-order valence-corrected chi connectivity index (χ1v) is 7.62. The highest BCUT2D eigenvalue weighted by atomic mass is 16.2. The van der Waals surface area contributed by atoms with Gasteiger partial charge < -0.3 is 4.90 Å². The van der Waals surface area contributed by atoms with Crippen molar-refractivity contribution in [1.29, 1.82) is 5.26 Å². The largest absolute Gasteiger partial charge is 0.336 e. The maximum Gasteiger partial charge on any atom is 0.253 e. The summed E-state index contributed by atoms with van der Waals surface area (Å²) in [5.74, 6) is 0.798. The van der Waals surface area contributed by atoms with E-state index in [1.807, 2.05) is 4.90 Å². The Morgan fingerprint density at radius 1 is 1.19 bits per heavy atom. The van der Waals surface area contributed by atoms with Crippen LogP contribution >= 0.6 is 0 Å². The Morgan fingerprint density at radius 2 is 1.81 bits per heavy atom. The van der Waals surface area contributed by atoms with Gasteiger partial charge in [0.2, 0.25) is 0 Å². The van der Waals surface area contributed by atoms with Crippen molar-refractivity contribution >= 4 is 5.91 Å². The second kappa shape index (κ2) is 7.24. The van der Waals surface area contributed by atoms with Crippen molar-refractivity contribution in [1.82, 2.24) is 9.80 Å². The molecule has 2 rings (SSSR count). The van der Waals surface area contributed by atoms with Gasteiger partial charge in [0.25, 0.3) is 5.91 Å². The van der Waals surface area contributed by atoms with Crippen LogP contribution < -0.4 is 0 Å². The van der Waals surface area contributed by atoms with Crippen LogP contribution in [0.15, 0.2) is 24.3 Å². The predicted molar refractivity (Wildman–Crippen MR) is 83.0 cm³/mol. The maximum absolute atomic E-state index is 12.4. The van der Waals surface area contributed by atoms with Crippen molar-refractivity contribution in [2.75, 3.05) is 32.7 Å². The molecular formula is C17H23N3O. The van der Waals surface area contributed by atoms with E-state index >= 15 is 0 Å². The molecule has 0 spiro atoms. The molecule has 0 atom stereocenters. The van der Waals surface area contributed by atoms with Gasteiger partial charge in [-0.2, -0.15) is 5.26 Å². The van der Waals surface area contributed by atoms with E-state index in [0.29, 0.717) is 11.1 Å². The number of carbonyl (C=O) groups excluding carboxylic acids is 1. The predicted octanol–water partition coefficient (Wildman–Crippen LogP) is 2.36. The molecule has 1 amide bonds. The second-order valence-electron chi connectivity index (χ2n) is 6.01. The number of benzene rings is 1. The summed E-state index contributed by atoms with van der Waals surface area (Å²) in [7, 11) is 0. The summed E-state index contributed by atoms with van der Waals surface area (Å²) in [5, 5.41) is 8.78. The second-order valence-corrected chi connectivity index (χ2v) is 6.01. The molecule has 1 fully saturated rings. The fraction of sp³-hybridized carbons (Fsp3) is 0.529. The smallest absolute Gasteiger partial charge is 0.253 e. The first-order valence-electron chi connectivity index (χ1n) is 7.62. The third kappa shape index (κ3) is 4.30. The SMILES string of the molecule is CC(C)CCN1CCN(C(=O)c2ccc(C#N)cc2)CC1. The minimum Gasteiger partial charge on any atom is -0.336 e. The van der Waals surface area contributed by atoms with Crippen LogP contribution in [0, 0.1) is 17.2 Å². The Labute approximate surface area is 127 Å². The summed E-state index contributed by atoms with van der Waals surface area (Å²) in [5.41, 5.74) is 1.26. The molecule has 21 heavy (non-hydrogen) atoms. The highest BCUT2D eigenvalue weighted by Gasteiger charge is 2.21. The minimum absolute atomic E-state index is 0.0722. The molecule has 0 unspecified atom stereocenters. The molecule has 112 valence electrons. The van der Waals surface area contributed by atoms with Gasteiger partial charge in [0.15, 0.2) is 0 Å². The number of piperazine rings is 1. The molecule has 0 radical (unpaired) electrons. The molecule has 0 N–H and O–H groups in total. The van der Waals surface area contributed by atoms with Gasteiger partial charge >= 0.3 is 0 Å². The molecule has 1 heterocycles. The fourth-order valence-electron chi connectivity index (χ4n) is 2.49. The Bertz CT molecular complexity index is 508. The van der Waals surface area contributed by atoms with Crippen molar-refractivity contribution in [3.8, 4) is 6.07 Å². The molecule has 1 aromatic carbocycles. The lowest BCUT2D eigenvalue weighted by molar-refractivity contribution is 0.0632.